The predicted molar refractivity (Wildman–Crippen MR) is 338 cm³/mol. The van der Waals surface area contributed by atoms with Crippen molar-refractivity contribution in [1.29, 1.82) is 0 Å². The average molecular weight is 1200 g/mol. The Morgan fingerprint density at radius 2 is 0.817 bits per heavy atom. The Balaban J connectivity index is 0.000000292. The van der Waals surface area contributed by atoms with Crippen LogP contribution in [0.5, 0.6) is 0 Å². The normalized spacial score (nSPS) is 20.0. The van der Waals surface area contributed by atoms with Gasteiger partial charge in [-0.25, -0.2) is 39.5 Å². The van der Waals surface area contributed by atoms with E-state index in [1.54, 1.807) is 94.5 Å². The molecule has 9 rings (SSSR count). The number of aryl methyl sites for hydroxylation is 6. The summed E-state index contributed by atoms with van der Waals surface area (Å²) in [5, 5.41) is 17.8. The van der Waals surface area contributed by atoms with E-state index in [1.165, 1.54) is 67.8 Å². The maximum absolute atomic E-state index is 12.0. The number of carbonyl (C=O) groups excluding carboxylic acids is 3. The molecule has 3 fully saturated rings. The molecule has 6 aromatic rings. The number of nitrogens with zero attached hydrogens (tertiary/aromatic N) is 6. The first kappa shape index (κ1) is 70.3. The van der Waals surface area contributed by atoms with E-state index >= 15 is 0 Å². The number of hydrogen-bond acceptors (Lipinski definition) is 21. The van der Waals surface area contributed by atoms with Crippen molar-refractivity contribution in [3.63, 3.8) is 0 Å². The molecule has 0 spiro atoms. The molecule has 18 nitrogen and oxygen atoms in total. The minimum Gasteiger partial charge on any atom is -1.00 e. The molecule has 0 saturated heterocycles. The maximum atomic E-state index is 12.0. The van der Waals surface area contributed by atoms with Crippen LogP contribution in [0.3, 0.4) is 0 Å². The number of hydrogen-bond donors (Lipinski definition) is 5. The molecule has 6 heterocycles. The van der Waals surface area contributed by atoms with Crippen LogP contribution in [0.4, 0.5) is 27.0 Å². The van der Waals surface area contributed by atoms with Gasteiger partial charge in [0.2, 0.25) is 0 Å². The predicted octanol–water partition coefficient (Wildman–Crippen LogP) is 10.1. The van der Waals surface area contributed by atoms with Crippen LogP contribution in [-0.4, -0.2) is 120 Å². The Kier molecular flexibility index (Phi) is 26.8. The summed E-state index contributed by atoms with van der Waals surface area (Å²) in [5.74, 6) is 3.32. The van der Waals surface area contributed by atoms with Crippen molar-refractivity contribution in [3.8, 4) is 0 Å². The zero-order valence-electron chi connectivity index (χ0n) is 52.2. The summed E-state index contributed by atoms with van der Waals surface area (Å²) in [6.07, 6.45) is 17.0. The van der Waals surface area contributed by atoms with Gasteiger partial charge in [0.1, 0.15) is 67.7 Å². The van der Waals surface area contributed by atoms with Crippen molar-refractivity contribution in [2.75, 3.05) is 23.0 Å². The van der Waals surface area contributed by atoms with Crippen LogP contribution >= 0.6 is 34.0 Å². The molecule has 0 unspecified atom stereocenters. The smallest absolute Gasteiger partial charge is 1.00 e. The number of thiophene rings is 3. The van der Waals surface area contributed by atoms with Crippen LogP contribution in [-0.2, 0) is 23.7 Å². The number of carbonyl (C=O) groups is 3. The standard InChI is InChI=1S/C20H29N3O2S.C15H22N4S.C14H20N4S.C10H18O5.Al.Li.4H/c1-12-13(2)26-19-17(12)18(21-11-22-19)23-15-8-6-14(7-9-15)10-16(24)25-20(3,4)5;1-9-10(2)20-15-13(9)14(17-8-18-15)19-12-6-4-11(16-3)5-7-12;1-8-9(2)19-14-12(8)13(16-7-17-14)18-11-5-3-10(15)4-6-11;1-9(2,3)14-7(11)13-8(12)15-10(4,5)6;;;;;;/h11,14-15H,6-10H2,1-5H3,(H,21,22,23);8,11-12,16H,4-7H2,1-3H3,(H,17,18,19);7,10-11H,3-6,15H2,1-2H3,(H,16,17,18);1-6H3;;;;;;/q;;;;;+1;;;;-1. The number of anilines is 3. The molecule has 23 heteroatoms. The topological polar surface area (TPSA) is 240 Å². The van der Waals surface area contributed by atoms with Crippen LogP contribution in [0, 0.1) is 47.5 Å². The summed E-state index contributed by atoms with van der Waals surface area (Å²) in [4.78, 5) is 67.8. The summed E-state index contributed by atoms with van der Waals surface area (Å²) < 4.78 is 19.3. The number of ether oxygens (including phenoxy) is 4. The molecule has 0 aromatic carbocycles. The number of nitrogens with one attached hydrogen (secondary N) is 4. The second-order valence-corrected chi connectivity index (χ2v) is 28.1. The molecule has 6 aromatic heterocycles. The van der Waals surface area contributed by atoms with E-state index in [9.17, 15) is 14.4 Å². The second-order valence-electron chi connectivity index (χ2n) is 24.5. The van der Waals surface area contributed by atoms with Gasteiger partial charge < -0.3 is 47.4 Å². The van der Waals surface area contributed by atoms with Gasteiger partial charge in [-0.05, 0) is 211 Å². The first-order valence-corrected chi connectivity index (χ1v) is 30.7. The quantitative estimate of drug-likeness (QED) is 0.0391. The van der Waals surface area contributed by atoms with E-state index < -0.39 is 29.1 Å². The number of nitrogens with two attached hydrogens (primary N) is 1. The van der Waals surface area contributed by atoms with Gasteiger partial charge >= 0.3 is 37.1 Å². The maximum Gasteiger partial charge on any atom is 1.00 e. The molecule has 0 bridgehead atoms. The molecule has 0 atom stereocenters. The first-order chi connectivity index (χ1) is 37.6. The first-order valence-electron chi connectivity index (χ1n) is 28.3. The zero-order valence-corrected chi connectivity index (χ0v) is 53.7. The summed E-state index contributed by atoms with van der Waals surface area (Å²) in [6, 6.07) is 2.51. The molecule has 3 aliphatic rings. The van der Waals surface area contributed by atoms with E-state index in [4.69, 9.17) is 19.9 Å². The Labute approximate surface area is 522 Å². The van der Waals surface area contributed by atoms with Crippen molar-refractivity contribution < 1.29 is 53.6 Å². The van der Waals surface area contributed by atoms with Crippen molar-refractivity contribution >= 4 is 118 Å². The third kappa shape index (κ3) is 21.4. The van der Waals surface area contributed by atoms with E-state index in [0.717, 1.165) is 88.7 Å². The molecular weight excluding hydrogens is 1100 g/mol. The monoisotopic (exact) mass is 1200 g/mol. The third-order valence-electron chi connectivity index (χ3n) is 14.5. The van der Waals surface area contributed by atoms with E-state index in [0.29, 0.717) is 42.5 Å². The van der Waals surface area contributed by atoms with Crippen molar-refractivity contribution in [2.24, 2.45) is 11.7 Å². The number of rotatable bonds is 9. The van der Waals surface area contributed by atoms with E-state index in [2.05, 4.69) is 104 Å². The van der Waals surface area contributed by atoms with Crippen molar-refractivity contribution in [2.45, 2.75) is 234 Å². The molecule has 448 valence electrons. The fourth-order valence-corrected chi connectivity index (χ4v) is 13.0. The molecule has 0 amide bonds. The molecule has 0 radical (unpaired) electrons. The van der Waals surface area contributed by atoms with Gasteiger partial charge in [-0.3, -0.25) is 4.79 Å². The van der Waals surface area contributed by atoms with Crippen LogP contribution in [0.15, 0.2) is 19.0 Å². The third-order valence-corrected chi connectivity index (χ3v) is 17.8. The summed E-state index contributed by atoms with van der Waals surface area (Å²) >= 11 is 5.23. The average Bonchev–Trinajstić information content (AvgIpc) is 4.14. The van der Waals surface area contributed by atoms with Crippen LogP contribution < -0.4 is 45.9 Å². The van der Waals surface area contributed by atoms with Gasteiger partial charge in [0.25, 0.3) is 0 Å². The molecular formula is C59H93AlLiN11O7S3. The molecule has 3 saturated carbocycles. The van der Waals surface area contributed by atoms with Gasteiger partial charge in [-0.15, -0.1) is 34.0 Å². The van der Waals surface area contributed by atoms with Crippen molar-refractivity contribution in [1.82, 2.24) is 35.2 Å². The molecule has 6 N–H and O–H groups in total. The van der Waals surface area contributed by atoms with E-state index in [1.807, 2.05) is 20.8 Å². The summed E-state index contributed by atoms with van der Waals surface area (Å²) in [5.41, 5.74) is 8.06. The minimum atomic E-state index is -1.06. The Morgan fingerprint density at radius 1 is 0.512 bits per heavy atom. The largest absolute Gasteiger partial charge is 1.00 e. The van der Waals surface area contributed by atoms with Crippen LogP contribution in [0.25, 0.3) is 30.6 Å². The molecule has 3 aliphatic carbocycles. The fourth-order valence-electron chi connectivity index (χ4n) is 9.99. The minimum absolute atomic E-state index is 0. The number of fused-ring (bicyclic) bond motifs is 3. The summed E-state index contributed by atoms with van der Waals surface area (Å²) in [7, 11) is 2.06. The van der Waals surface area contributed by atoms with Gasteiger partial charge in [0, 0.05) is 51.3 Å². The van der Waals surface area contributed by atoms with Gasteiger partial charge in [-0.2, -0.15) is 0 Å². The molecule has 0 aliphatic heterocycles. The second kappa shape index (κ2) is 31.3. The Hall–Kier alpha value is -4.22. The van der Waals surface area contributed by atoms with Gasteiger partial charge in [0.05, 0.1) is 16.2 Å². The summed E-state index contributed by atoms with van der Waals surface area (Å²) in [6.45, 7) is 28.7. The Morgan fingerprint density at radius 3 is 1.13 bits per heavy atom. The number of aromatic nitrogens is 6. The number of esters is 1. The molecule has 82 heavy (non-hydrogen) atoms. The van der Waals surface area contributed by atoms with E-state index in [-0.39, 0.29) is 43.6 Å². The van der Waals surface area contributed by atoms with Crippen molar-refractivity contribution in [3.05, 3.63) is 50.3 Å². The van der Waals surface area contributed by atoms with Crippen LogP contribution in [0.2, 0.25) is 0 Å². The zero-order chi connectivity index (χ0) is 58.7. The van der Waals surface area contributed by atoms with Gasteiger partial charge in [-0.1, -0.05) is 0 Å². The Bertz CT molecular complexity index is 3000. The fraction of sp³-hybridized carbons (Fsp3) is 0.644. The SMILES string of the molecule is CC(C)(C)OC(=O)OC(=O)OC(C)(C)C.CNC1CCC(Nc2ncnc3sc(C)c(C)c23)CC1.Cc1sc2ncnc(NC3CCC(CC(=O)OC(C)(C)C)CC3)c2c1C.Cc1sc2ncnc(NC3CCC(N)CC3)c2c1C.[AlH3].[H-].[Li+]. The van der Waals surface area contributed by atoms with Crippen LogP contribution in [0.1, 0.15) is 179 Å². The van der Waals surface area contributed by atoms with Gasteiger partial charge in [0.15, 0.2) is 17.4 Å².